The second-order valence-corrected chi connectivity index (χ2v) is 6.60. The minimum atomic E-state index is -1.50. The molecule has 0 aliphatic carbocycles. The van der Waals surface area contributed by atoms with Crippen molar-refractivity contribution in [3.8, 4) is 5.75 Å². The molecule has 130 valence electrons. The van der Waals surface area contributed by atoms with Gasteiger partial charge in [0.1, 0.15) is 5.75 Å². The fourth-order valence-corrected chi connectivity index (χ4v) is 3.13. The highest BCUT2D eigenvalue weighted by molar-refractivity contribution is 6.06. The molecule has 0 aromatic heterocycles. The molecule has 2 aromatic carbocycles. The average Bonchev–Trinajstić information content (AvgIpc) is 2.83. The number of fused-ring (bicyclic) bond motifs is 1. The maximum Gasteiger partial charge on any atom is 0.264 e. The van der Waals surface area contributed by atoms with Crippen LogP contribution in [-0.4, -0.2) is 18.1 Å². The van der Waals surface area contributed by atoms with Gasteiger partial charge in [-0.05, 0) is 37.6 Å². The van der Waals surface area contributed by atoms with Crippen molar-refractivity contribution in [1.29, 1.82) is 0 Å². The van der Waals surface area contributed by atoms with Gasteiger partial charge in [-0.3, -0.25) is 4.79 Å². The van der Waals surface area contributed by atoms with Crippen LogP contribution < -0.4 is 9.64 Å². The molecule has 0 saturated carbocycles. The molecule has 0 radical (unpaired) electrons. The van der Waals surface area contributed by atoms with Crippen molar-refractivity contribution in [3.63, 3.8) is 0 Å². The summed E-state index contributed by atoms with van der Waals surface area (Å²) < 4.78 is 5.18. The first-order valence-electron chi connectivity index (χ1n) is 8.36. The highest BCUT2D eigenvalue weighted by atomic mass is 16.5. The number of allylic oxidation sites excluding steroid dienone is 1. The van der Waals surface area contributed by atoms with Crippen molar-refractivity contribution in [2.75, 3.05) is 12.0 Å². The van der Waals surface area contributed by atoms with E-state index in [0.717, 1.165) is 22.6 Å². The largest absolute Gasteiger partial charge is 0.497 e. The Morgan fingerprint density at radius 2 is 1.84 bits per heavy atom. The fraction of sp³-hybridized carbons (Fsp3) is 0.286. The molecule has 3 rings (SSSR count). The Balaban J connectivity index is 1.95. The van der Waals surface area contributed by atoms with Gasteiger partial charge >= 0.3 is 0 Å². The number of para-hydroxylation sites is 1. The van der Waals surface area contributed by atoms with Crippen LogP contribution in [0.25, 0.3) is 0 Å². The number of hydrogen-bond acceptors (Lipinski definition) is 3. The third-order valence-electron chi connectivity index (χ3n) is 4.54. The van der Waals surface area contributed by atoms with Crippen LogP contribution in [0, 0.1) is 0 Å². The highest BCUT2D eigenvalue weighted by Gasteiger charge is 2.48. The molecule has 2 aromatic rings. The number of hydrogen-bond donors (Lipinski definition) is 1. The van der Waals surface area contributed by atoms with E-state index >= 15 is 0 Å². The molecular formula is C21H23NO3. The first-order valence-corrected chi connectivity index (χ1v) is 8.36. The zero-order valence-electron chi connectivity index (χ0n) is 14.8. The molecule has 4 heteroatoms. The summed E-state index contributed by atoms with van der Waals surface area (Å²) in [7, 11) is 1.62. The first kappa shape index (κ1) is 17.2. The molecule has 0 spiro atoms. The molecule has 0 saturated heterocycles. The molecule has 25 heavy (non-hydrogen) atoms. The monoisotopic (exact) mass is 337 g/mol. The van der Waals surface area contributed by atoms with Crippen molar-refractivity contribution >= 4 is 11.6 Å². The van der Waals surface area contributed by atoms with Gasteiger partial charge in [0.2, 0.25) is 0 Å². The zero-order chi connectivity index (χ0) is 18.0. The van der Waals surface area contributed by atoms with E-state index in [4.69, 9.17) is 4.74 Å². The fourth-order valence-electron chi connectivity index (χ4n) is 3.13. The molecule has 1 aliphatic heterocycles. The third kappa shape index (κ3) is 3.17. The summed E-state index contributed by atoms with van der Waals surface area (Å²) in [5.74, 6) is 0.499. The predicted molar refractivity (Wildman–Crippen MR) is 98.6 cm³/mol. The number of carbonyl (C=O) groups is 1. The quantitative estimate of drug-likeness (QED) is 0.845. The van der Waals surface area contributed by atoms with Gasteiger partial charge in [-0.15, -0.1) is 0 Å². The smallest absolute Gasteiger partial charge is 0.264 e. The lowest BCUT2D eigenvalue weighted by Gasteiger charge is -2.22. The predicted octanol–water partition coefficient (Wildman–Crippen LogP) is 3.79. The second kappa shape index (κ2) is 6.73. The maximum atomic E-state index is 13.0. The summed E-state index contributed by atoms with van der Waals surface area (Å²) in [4.78, 5) is 14.7. The number of methoxy groups -OCH3 is 1. The van der Waals surface area contributed by atoms with Gasteiger partial charge in [-0.25, -0.2) is 0 Å². The summed E-state index contributed by atoms with van der Waals surface area (Å²) in [6, 6.07) is 15.1. The molecule has 1 N–H and O–H groups in total. The lowest BCUT2D eigenvalue weighted by atomic mass is 9.91. The van der Waals surface area contributed by atoms with E-state index in [0.29, 0.717) is 12.1 Å². The Morgan fingerprint density at radius 1 is 1.16 bits per heavy atom. The first-order chi connectivity index (χ1) is 12.0. The minimum absolute atomic E-state index is 0.276. The van der Waals surface area contributed by atoms with E-state index < -0.39 is 5.60 Å². The van der Waals surface area contributed by atoms with Crippen LogP contribution in [0.3, 0.4) is 0 Å². The number of nitrogens with zero attached hydrogens (tertiary/aromatic N) is 1. The van der Waals surface area contributed by atoms with Gasteiger partial charge in [0.15, 0.2) is 5.60 Å². The summed E-state index contributed by atoms with van der Waals surface area (Å²) in [5.41, 5.74) is 2.00. The van der Waals surface area contributed by atoms with Crippen LogP contribution in [-0.2, 0) is 16.9 Å². The molecule has 1 unspecified atom stereocenters. The van der Waals surface area contributed by atoms with Crippen molar-refractivity contribution in [2.45, 2.75) is 32.4 Å². The van der Waals surface area contributed by atoms with Crippen LogP contribution in [0.5, 0.6) is 5.75 Å². The summed E-state index contributed by atoms with van der Waals surface area (Å²) >= 11 is 0. The van der Waals surface area contributed by atoms with E-state index in [1.807, 2.05) is 68.5 Å². The average molecular weight is 337 g/mol. The lowest BCUT2D eigenvalue weighted by Crippen LogP contribution is -2.39. The summed E-state index contributed by atoms with van der Waals surface area (Å²) in [5, 5.41) is 11.1. The van der Waals surface area contributed by atoms with E-state index in [-0.39, 0.29) is 12.3 Å². The van der Waals surface area contributed by atoms with Gasteiger partial charge in [-0.1, -0.05) is 42.0 Å². The van der Waals surface area contributed by atoms with E-state index in [1.54, 1.807) is 12.0 Å². The van der Waals surface area contributed by atoms with Gasteiger partial charge in [-0.2, -0.15) is 0 Å². The number of carbonyl (C=O) groups excluding carboxylic acids is 1. The SMILES string of the molecule is COc1ccc(CN2C(=O)C(O)(CC=C(C)C)c3ccccc32)cc1. The molecular weight excluding hydrogens is 314 g/mol. The number of aliphatic hydroxyl groups is 1. The normalized spacial score (nSPS) is 18.9. The Hall–Kier alpha value is -2.59. The topological polar surface area (TPSA) is 49.8 Å². The van der Waals surface area contributed by atoms with Crippen LogP contribution in [0.15, 0.2) is 60.2 Å². The van der Waals surface area contributed by atoms with Gasteiger partial charge in [0.05, 0.1) is 19.3 Å². The van der Waals surface area contributed by atoms with Crippen molar-refractivity contribution in [1.82, 2.24) is 0 Å². The van der Waals surface area contributed by atoms with E-state index in [9.17, 15) is 9.90 Å². The van der Waals surface area contributed by atoms with Gasteiger partial charge < -0.3 is 14.7 Å². The molecule has 1 heterocycles. The van der Waals surface area contributed by atoms with Gasteiger partial charge in [0.25, 0.3) is 5.91 Å². The van der Waals surface area contributed by atoms with Crippen molar-refractivity contribution < 1.29 is 14.6 Å². The molecule has 0 fully saturated rings. The Labute approximate surface area is 148 Å². The van der Waals surface area contributed by atoms with E-state index in [1.165, 1.54) is 0 Å². The molecule has 1 aliphatic rings. The van der Waals surface area contributed by atoms with Gasteiger partial charge in [0, 0.05) is 12.0 Å². The molecule has 4 nitrogen and oxygen atoms in total. The second-order valence-electron chi connectivity index (χ2n) is 6.60. The summed E-state index contributed by atoms with van der Waals surface area (Å²) in [6.45, 7) is 4.34. The zero-order valence-corrected chi connectivity index (χ0v) is 14.8. The number of ether oxygens (including phenoxy) is 1. The van der Waals surface area contributed by atoms with Crippen LogP contribution >= 0.6 is 0 Å². The Morgan fingerprint density at radius 3 is 2.48 bits per heavy atom. The maximum absolute atomic E-state index is 13.0. The third-order valence-corrected chi connectivity index (χ3v) is 4.54. The Bertz CT molecular complexity index is 806. The van der Waals surface area contributed by atoms with Crippen LogP contribution in [0.1, 0.15) is 31.4 Å². The minimum Gasteiger partial charge on any atom is -0.497 e. The summed E-state index contributed by atoms with van der Waals surface area (Å²) in [6.07, 6.45) is 2.19. The Kier molecular flexibility index (Phi) is 4.64. The van der Waals surface area contributed by atoms with Crippen LogP contribution in [0.4, 0.5) is 5.69 Å². The molecule has 1 amide bonds. The van der Waals surface area contributed by atoms with E-state index in [2.05, 4.69) is 0 Å². The number of rotatable bonds is 5. The number of amides is 1. The number of anilines is 1. The van der Waals surface area contributed by atoms with Crippen LogP contribution in [0.2, 0.25) is 0 Å². The van der Waals surface area contributed by atoms with Crippen molar-refractivity contribution in [3.05, 3.63) is 71.3 Å². The van der Waals surface area contributed by atoms with Crippen molar-refractivity contribution in [2.24, 2.45) is 0 Å². The standard InChI is InChI=1S/C21H23NO3/c1-15(2)12-13-21(24)18-6-4-5-7-19(18)22(20(21)23)14-16-8-10-17(25-3)11-9-16/h4-12,24H,13-14H2,1-3H3. The molecule has 0 bridgehead atoms. The number of benzene rings is 2. The molecule has 1 atom stereocenters. The highest BCUT2D eigenvalue weighted by Crippen LogP contribution is 2.43. The lowest BCUT2D eigenvalue weighted by molar-refractivity contribution is -0.135.